The van der Waals surface area contributed by atoms with Gasteiger partial charge in [-0.1, -0.05) is 0 Å². The topological polar surface area (TPSA) is 41.6 Å². The number of fused-ring (bicyclic) bond motifs is 1. The number of alkyl halides is 2. The van der Waals surface area contributed by atoms with Crippen molar-refractivity contribution in [1.29, 1.82) is 0 Å². The zero-order chi connectivity index (χ0) is 14.3. The molecule has 0 radical (unpaired) electrons. The van der Waals surface area contributed by atoms with Crippen molar-refractivity contribution >= 4 is 29.7 Å². The summed E-state index contributed by atoms with van der Waals surface area (Å²) in [6.45, 7) is 2.13. The molecule has 2 saturated heterocycles. The van der Waals surface area contributed by atoms with Crippen LogP contribution in [0.5, 0.6) is 5.75 Å². The third kappa shape index (κ3) is 3.30. The van der Waals surface area contributed by atoms with Crippen molar-refractivity contribution in [2.24, 2.45) is 11.8 Å². The van der Waals surface area contributed by atoms with Crippen molar-refractivity contribution in [2.45, 2.75) is 13.5 Å². The summed E-state index contributed by atoms with van der Waals surface area (Å²) in [5.74, 6) is 0.787. The van der Waals surface area contributed by atoms with Crippen LogP contribution < -0.4 is 10.1 Å². The van der Waals surface area contributed by atoms with Gasteiger partial charge in [0.1, 0.15) is 10.6 Å². The standard InChI is InChI=1S/C13H16F2N2O2S.ClH/c1-7-2-10(19-13(14)15)11(20-7)12(18)17-5-8-3-16-4-9(8)6-17;/h2,8-9,13,16H,3-6H2,1H3;1H/t8-,9+;. The molecule has 0 aliphatic carbocycles. The minimum atomic E-state index is -2.90. The predicted octanol–water partition coefficient (Wildman–Crippen LogP) is 2.37. The van der Waals surface area contributed by atoms with E-state index < -0.39 is 6.61 Å². The Kier molecular flexibility index (Phi) is 5.06. The molecule has 21 heavy (non-hydrogen) atoms. The number of hydrogen-bond donors (Lipinski definition) is 1. The highest BCUT2D eigenvalue weighted by molar-refractivity contribution is 7.14. The van der Waals surface area contributed by atoms with E-state index in [1.54, 1.807) is 11.8 Å². The van der Waals surface area contributed by atoms with E-state index in [2.05, 4.69) is 10.1 Å². The minimum absolute atomic E-state index is 0. The van der Waals surface area contributed by atoms with Crippen LogP contribution in [0.2, 0.25) is 0 Å². The molecule has 0 saturated carbocycles. The van der Waals surface area contributed by atoms with Gasteiger partial charge in [0.05, 0.1) is 0 Å². The monoisotopic (exact) mass is 338 g/mol. The Balaban J connectivity index is 0.00000161. The van der Waals surface area contributed by atoms with Crippen molar-refractivity contribution in [3.05, 3.63) is 15.8 Å². The number of aryl methyl sites for hydroxylation is 1. The maximum Gasteiger partial charge on any atom is 0.387 e. The van der Waals surface area contributed by atoms with Crippen LogP contribution in [0.3, 0.4) is 0 Å². The van der Waals surface area contributed by atoms with Gasteiger partial charge in [0.15, 0.2) is 0 Å². The number of nitrogens with one attached hydrogen (secondary N) is 1. The Morgan fingerprint density at radius 2 is 2.05 bits per heavy atom. The molecule has 0 bridgehead atoms. The van der Waals surface area contributed by atoms with E-state index >= 15 is 0 Å². The Labute approximate surface area is 131 Å². The van der Waals surface area contributed by atoms with Gasteiger partial charge in [-0.05, 0) is 24.8 Å². The Hall–Kier alpha value is -0.920. The van der Waals surface area contributed by atoms with Gasteiger partial charge in [0.2, 0.25) is 0 Å². The van der Waals surface area contributed by atoms with Crippen LogP contribution in [0, 0.1) is 18.8 Å². The molecule has 2 atom stereocenters. The fourth-order valence-corrected chi connectivity index (χ4v) is 3.90. The number of thiophene rings is 1. The number of carbonyl (C=O) groups is 1. The molecular formula is C13H17ClF2N2O2S. The first-order valence-electron chi connectivity index (χ1n) is 6.60. The average Bonchev–Trinajstić information content (AvgIpc) is 3.01. The van der Waals surface area contributed by atoms with E-state index in [0.717, 1.165) is 18.0 Å². The van der Waals surface area contributed by atoms with E-state index in [1.165, 1.54) is 17.4 Å². The largest absolute Gasteiger partial charge is 0.433 e. The highest BCUT2D eigenvalue weighted by Gasteiger charge is 2.39. The number of likely N-dealkylation sites (tertiary alicyclic amines) is 1. The molecule has 1 amide bonds. The molecule has 2 aliphatic heterocycles. The second kappa shape index (κ2) is 6.46. The summed E-state index contributed by atoms with van der Waals surface area (Å²) in [5, 5.41) is 3.31. The van der Waals surface area contributed by atoms with Crippen LogP contribution >= 0.6 is 23.7 Å². The number of halogens is 3. The fraction of sp³-hybridized carbons (Fsp3) is 0.615. The van der Waals surface area contributed by atoms with Crippen LogP contribution in [-0.4, -0.2) is 43.6 Å². The Bertz CT molecular complexity index is 514. The molecule has 0 spiro atoms. The summed E-state index contributed by atoms with van der Waals surface area (Å²) in [4.78, 5) is 15.3. The lowest BCUT2D eigenvalue weighted by atomic mass is 10.0. The normalized spacial score (nSPS) is 24.1. The lowest BCUT2D eigenvalue weighted by molar-refractivity contribution is -0.0499. The van der Waals surface area contributed by atoms with Gasteiger partial charge >= 0.3 is 6.61 Å². The van der Waals surface area contributed by atoms with Crippen molar-refractivity contribution in [3.63, 3.8) is 0 Å². The number of rotatable bonds is 3. The second-order valence-electron chi connectivity index (χ2n) is 5.32. The van der Waals surface area contributed by atoms with Crippen LogP contribution in [-0.2, 0) is 0 Å². The first-order chi connectivity index (χ1) is 9.54. The molecule has 8 heteroatoms. The van der Waals surface area contributed by atoms with E-state index in [1.807, 2.05) is 0 Å². The zero-order valence-electron chi connectivity index (χ0n) is 11.5. The summed E-state index contributed by atoms with van der Waals surface area (Å²) in [6.07, 6.45) is 0. The summed E-state index contributed by atoms with van der Waals surface area (Å²) in [5.41, 5.74) is 0. The maximum atomic E-state index is 12.5. The maximum absolute atomic E-state index is 12.5. The zero-order valence-corrected chi connectivity index (χ0v) is 13.1. The number of nitrogens with zero attached hydrogens (tertiary/aromatic N) is 1. The molecule has 2 fully saturated rings. The van der Waals surface area contributed by atoms with Crippen LogP contribution in [0.25, 0.3) is 0 Å². The molecular weight excluding hydrogens is 322 g/mol. The summed E-state index contributed by atoms with van der Waals surface area (Å²) < 4.78 is 29.2. The van der Waals surface area contributed by atoms with Gasteiger partial charge < -0.3 is 15.0 Å². The predicted molar refractivity (Wildman–Crippen MR) is 78.7 cm³/mol. The summed E-state index contributed by atoms with van der Waals surface area (Å²) >= 11 is 1.21. The number of amides is 1. The molecule has 1 aromatic heterocycles. The molecule has 1 N–H and O–H groups in total. The van der Waals surface area contributed by atoms with E-state index in [4.69, 9.17) is 0 Å². The van der Waals surface area contributed by atoms with Crippen molar-refractivity contribution < 1.29 is 18.3 Å². The SMILES string of the molecule is Cc1cc(OC(F)F)c(C(=O)N2C[C@H]3CNC[C@H]3C2)s1.Cl. The van der Waals surface area contributed by atoms with E-state index in [-0.39, 0.29) is 28.9 Å². The quantitative estimate of drug-likeness (QED) is 0.920. The highest BCUT2D eigenvalue weighted by Crippen LogP contribution is 2.34. The lowest BCUT2D eigenvalue weighted by Gasteiger charge is -2.17. The van der Waals surface area contributed by atoms with Gasteiger partial charge in [0.25, 0.3) is 5.91 Å². The van der Waals surface area contributed by atoms with Gasteiger partial charge in [-0.2, -0.15) is 8.78 Å². The summed E-state index contributed by atoms with van der Waals surface area (Å²) in [6, 6.07) is 1.50. The van der Waals surface area contributed by atoms with Crippen molar-refractivity contribution in [1.82, 2.24) is 10.2 Å². The highest BCUT2D eigenvalue weighted by atomic mass is 35.5. The molecule has 118 valence electrons. The molecule has 1 aromatic rings. The Morgan fingerprint density at radius 3 is 2.62 bits per heavy atom. The number of hydrogen-bond acceptors (Lipinski definition) is 4. The van der Waals surface area contributed by atoms with E-state index in [0.29, 0.717) is 24.9 Å². The molecule has 0 unspecified atom stereocenters. The van der Waals surface area contributed by atoms with Crippen LogP contribution in [0.15, 0.2) is 6.07 Å². The smallest absolute Gasteiger partial charge is 0.387 e. The van der Waals surface area contributed by atoms with Gasteiger partial charge in [-0.15, -0.1) is 23.7 Å². The summed E-state index contributed by atoms with van der Waals surface area (Å²) in [7, 11) is 0. The Morgan fingerprint density at radius 1 is 1.43 bits per heavy atom. The average molecular weight is 339 g/mol. The third-order valence-electron chi connectivity index (χ3n) is 3.91. The van der Waals surface area contributed by atoms with Gasteiger partial charge in [-0.25, -0.2) is 0 Å². The number of ether oxygens (including phenoxy) is 1. The van der Waals surface area contributed by atoms with E-state index in [9.17, 15) is 13.6 Å². The molecule has 3 heterocycles. The fourth-order valence-electron chi connectivity index (χ4n) is 2.99. The van der Waals surface area contributed by atoms with Gasteiger partial charge in [-0.3, -0.25) is 4.79 Å². The molecule has 0 aromatic carbocycles. The van der Waals surface area contributed by atoms with Crippen LogP contribution in [0.4, 0.5) is 8.78 Å². The molecule has 4 nitrogen and oxygen atoms in total. The van der Waals surface area contributed by atoms with Crippen LogP contribution in [0.1, 0.15) is 14.5 Å². The second-order valence-corrected chi connectivity index (χ2v) is 6.57. The third-order valence-corrected chi connectivity index (χ3v) is 4.93. The van der Waals surface area contributed by atoms with Crippen molar-refractivity contribution in [3.8, 4) is 5.75 Å². The lowest BCUT2D eigenvalue weighted by Crippen LogP contribution is -2.31. The first-order valence-corrected chi connectivity index (χ1v) is 7.41. The first kappa shape index (κ1) is 16.5. The molecule has 3 rings (SSSR count). The van der Waals surface area contributed by atoms with Crippen molar-refractivity contribution in [2.75, 3.05) is 26.2 Å². The minimum Gasteiger partial charge on any atom is -0.433 e. The number of carbonyl (C=O) groups excluding carboxylic acids is 1. The molecule has 2 aliphatic rings. The van der Waals surface area contributed by atoms with Gasteiger partial charge in [0, 0.05) is 31.1 Å².